The van der Waals surface area contributed by atoms with Crippen LogP contribution in [0.5, 0.6) is 0 Å². The predicted molar refractivity (Wildman–Crippen MR) is 95.3 cm³/mol. The van der Waals surface area contributed by atoms with Gasteiger partial charge in [-0.2, -0.15) is 17.0 Å². The van der Waals surface area contributed by atoms with E-state index in [0.29, 0.717) is 13.1 Å². The van der Waals surface area contributed by atoms with E-state index in [0.717, 1.165) is 26.1 Å². The topological polar surface area (TPSA) is 43.9 Å². The number of hydrogen-bond acceptors (Lipinski definition) is 3. The van der Waals surface area contributed by atoms with Crippen molar-refractivity contribution in [1.82, 2.24) is 13.5 Å². The SMILES string of the molecule is C/C(=C\c1ccccc1)CN1CCCN(S(=O)(=O)N(C)C)CC1. The van der Waals surface area contributed by atoms with Gasteiger partial charge in [0, 0.05) is 40.3 Å². The minimum atomic E-state index is -3.30. The molecule has 0 radical (unpaired) electrons. The van der Waals surface area contributed by atoms with Crippen molar-refractivity contribution < 1.29 is 8.42 Å². The molecule has 0 atom stereocenters. The maximum atomic E-state index is 12.2. The Kier molecular flexibility index (Phi) is 6.35. The first-order valence-corrected chi connectivity index (χ1v) is 9.41. The van der Waals surface area contributed by atoms with Gasteiger partial charge in [-0.15, -0.1) is 0 Å². The fourth-order valence-electron chi connectivity index (χ4n) is 2.80. The predicted octanol–water partition coefficient (Wildman–Crippen LogP) is 1.90. The van der Waals surface area contributed by atoms with Crippen molar-refractivity contribution in [2.75, 3.05) is 46.8 Å². The summed E-state index contributed by atoms with van der Waals surface area (Å²) in [6.45, 7) is 5.86. The summed E-state index contributed by atoms with van der Waals surface area (Å²) in [4.78, 5) is 2.33. The Hall–Kier alpha value is -1.21. The van der Waals surface area contributed by atoms with Crippen LogP contribution in [0.4, 0.5) is 0 Å². The molecule has 1 aliphatic rings. The first-order valence-electron chi connectivity index (χ1n) is 8.02. The van der Waals surface area contributed by atoms with Crippen LogP contribution in [0, 0.1) is 0 Å². The number of rotatable bonds is 5. The van der Waals surface area contributed by atoms with Gasteiger partial charge in [-0.05, 0) is 25.5 Å². The van der Waals surface area contributed by atoms with Crippen LogP contribution < -0.4 is 0 Å². The van der Waals surface area contributed by atoms with Crippen molar-refractivity contribution in [3.8, 4) is 0 Å². The van der Waals surface area contributed by atoms with Gasteiger partial charge in [0.05, 0.1) is 0 Å². The van der Waals surface area contributed by atoms with Gasteiger partial charge in [0.25, 0.3) is 10.2 Å². The summed E-state index contributed by atoms with van der Waals surface area (Å²) in [7, 11) is -0.122. The Labute approximate surface area is 140 Å². The molecule has 128 valence electrons. The average molecular weight is 337 g/mol. The van der Waals surface area contributed by atoms with Crippen LogP contribution in [0.25, 0.3) is 6.08 Å². The van der Waals surface area contributed by atoms with Gasteiger partial charge >= 0.3 is 0 Å². The third-order valence-corrected chi connectivity index (χ3v) is 5.96. The summed E-state index contributed by atoms with van der Waals surface area (Å²) in [6.07, 6.45) is 3.06. The molecule has 0 aromatic heterocycles. The Balaban J connectivity index is 1.95. The van der Waals surface area contributed by atoms with Gasteiger partial charge in [0.1, 0.15) is 0 Å². The van der Waals surface area contributed by atoms with Crippen LogP contribution in [0.3, 0.4) is 0 Å². The van der Waals surface area contributed by atoms with Crippen molar-refractivity contribution in [3.63, 3.8) is 0 Å². The lowest BCUT2D eigenvalue weighted by Gasteiger charge is -2.24. The van der Waals surface area contributed by atoms with Crippen molar-refractivity contribution in [3.05, 3.63) is 41.5 Å². The third-order valence-electron chi connectivity index (χ3n) is 4.02. The largest absolute Gasteiger partial charge is 0.298 e. The Bertz CT molecular complexity index is 626. The molecular formula is C17H27N3O2S. The summed E-state index contributed by atoms with van der Waals surface area (Å²) in [5.41, 5.74) is 2.50. The summed E-state index contributed by atoms with van der Waals surface area (Å²) >= 11 is 0. The van der Waals surface area contributed by atoms with E-state index in [-0.39, 0.29) is 0 Å². The lowest BCUT2D eigenvalue weighted by atomic mass is 10.1. The quantitative estimate of drug-likeness (QED) is 0.824. The highest BCUT2D eigenvalue weighted by Crippen LogP contribution is 2.13. The minimum absolute atomic E-state index is 0.555. The highest BCUT2D eigenvalue weighted by Gasteiger charge is 2.26. The molecule has 0 unspecified atom stereocenters. The number of hydrogen-bond donors (Lipinski definition) is 0. The third kappa shape index (κ3) is 5.14. The van der Waals surface area contributed by atoms with Crippen LogP contribution in [0.2, 0.25) is 0 Å². The van der Waals surface area contributed by atoms with E-state index in [9.17, 15) is 8.42 Å². The molecule has 0 aliphatic carbocycles. The molecule has 1 fully saturated rings. The fourth-order valence-corrected chi connectivity index (χ4v) is 3.93. The van der Waals surface area contributed by atoms with Crippen molar-refractivity contribution in [2.45, 2.75) is 13.3 Å². The molecule has 0 amide bonds. The van der Waals surface area contributed by atoms with Crippen molar-refractivity contribution in [2.24, 2.45) is 0 Å². The zero-order valence-corrected chi connectivity index (χ0v) is 15.1. The second-order valence-electron chi connectivity index (χ2n) is 6.22. The number of benzene rings is 1. The van der Waals surface area contributed by atoms with Gasteiger partial charge < -0.3 is 0 Å². The second-order valence-corrected chi connectivity index (χ2v) is 8.36. The summed E-state index contributed by atoms with van der Waals surface area (Å²) in [5, 5.41) is 0. The molecule has 1 aliphatic heterocycles. The molecule has 0 spiro atoms. The molecule has 1 heterocycles. The maximum Gasteiger partial charge on any atom is 0.281 e. The molecule has 2 rings (SSSR count). The maximum absolute atomic E-state index is 12.2. The summed E-state index contributed by atoms with van der Waals surface area (Å²) in [5.74, 6) is 0. The van der Waals surface area contributed by atoms with Crippen molar-refractivity contribution in [1.29, 1.82) is 0 Å². The second kappa shape index (κ2) is 8.06. The lowest BCUT2D eigenvalue weighted by Crippen LogP contribution is -2.42. The standard InChI is InChI=1S/C17H27N3O2S/c1-16(14-17-8-5-4-6-9-17)15-19-10-7-11-20(13-12-19)23(21,22)18(2)3/h4-6,8-9,14H,7,10-13,15H2,1-3H3/b16-14+. The molecule has 0 saturated carbocycles. The molecule has 1 saturated heterocycles. The van der Waals surface area contributed by atoms with Crippen molar-refractivity contribution >= 4 is 16.3 Å². The van der Waals surface area contributed by atoms with Crippen LogP contribution in [0.1, 0.15) is 18.9 Å². The van der Waals surface area contributed by atoms with Gasteiger partial charge in [-0.1, -0.05) is 42.0 Å². The summed E-state index contributed by atoms with van der Waals surface area (Å²) in [6, 6.07) is 10.3. The molecule has 6 heteroatoms. The first-order chi connectivity index (χ1) is 10.9. The Morgan fingerprint density at radius 1 is 1.13 bits per heavy atom. The van der Waals surface area contributed by atoms with E-state index in [4.69, 9.17) is 0 Å². The van der Waals surface area contributed by atoms with Crippen LogP contribution in [-0.2, 0) is 10.2 Å². The van der Waals surface area contributed by atoms with Gasteiger partial charge in [0.2, 0.25) is 0 Å². The average Bonchev–Trinajstić information content (AvgIpc) is 2.74. The lowest BCUT2D eigenvalue weighted by molar-refractivity contribution is 0.307. The number of nitrogens with zero attached hydrogens (tertiary/aromatic N) is 3. The van der Waals surface area contributed by atoms with E-state index in [1.165, 1.54) is 15.4 Å². The summed E-state index contributed by atoms with van der Waals surface area (Å²) < 4.78 is 27.3. The Morgan fingerprint density at radius 3 is 2.48 bits per heavy atom. The monoisotopic (exact) mass is 337 g/mol. The smallest absolute Gasteiger partial charge is 0.281 e. The molecule has 0 N–H and O–H groups in total. The van der Waals surface area contributed by atoms with Gasteiger partial charge in [0.15, 0.2) is 0 Å². The minimum Gasteiger partial charge on any atom is -0.298 e. The first kappa shape index (κ1) is 18.1. The zero-order valence-electron chi connectivity index (χ0n) is 14.3. The molecule has 23 heavy (non-hydrogen) atoms. The normalized spacial score (nSPS) is 19.0. The van der Waals surface area contributed by atoms with Crippen LogP contribution in [-0.4, -0.2) is 68.7 Å². The molecule has 0 bridgehead atoms. The van der Waals surface area contributed by atoms with E-state index in [2.05, 4.69) is 30.0 Å². The molecule has 1 aromatic rings. The van der Waals surface area contributed by atoms with E-state index in [1.54, 1.807) is 18.4 Å². The van der Waals surface area contributed by atoms with E-state index < -0.39 is 10.2 Å². The molecular weight excluding hydrogens is 310 g/mol. The van der Waals surface area contributed by atoms with E-state index in [1.807, 2.05) is 18.2 Å². The molecule has 1 aromatic carbocycles. The van der Waals surface area contributed by atoms with Gasteiger partial charge in [-0.3, -0.25) is 4.90 Å². The zero-order chi connectivity index (χ0) is 16.9. The van der Waals surface area contributed by atoms with Crippen LogP contribution in [0.15, 0.2) is 35.9 Å². The fraction of sp³-hybridized carbons (Fsp3) is 0.529. The highest BCUT2D eigenvalue weighted by atomic mass is 32.2. The highest BCUT2D eigenvalue weighted by molar-refractivity contribution is 7.86. The van der Waals surface area contributed by atoms with Crippen LogP contribution >= 0.6 is 0 Å². The van der Waals surface area contributed by atoms with E-state index >= 15 is 0 Å². The molecule has 5 nitrogen and oxygen atoms in total. The van der Waals surface area contributed by atoms with Gasteiger partial charge in [-0.25, -0.2) is 0 Å². The Morgan fingerprint density at radius 2 is 1.83 bits per heavy atom.